The minimum Gasteiger partial charge on any atom is -0.207 e. The molecule has 0 unspecified atom stereocenters. The lowest BCUT2D eigenvalue weighted by Crippen LogP contribution is -2.37. The molecule has 0 amide bonds. The van der Waals surface area contributed by atoms with Crippen molar-refractivity contribution >= 4 is 0 Å². The van der Waals surface area contributed by atoms with Gasteiger partial charge in [-0.15, -0.1) is 0 Å². The van der Waals surface area contributed by atoms with Crippen molar-refractivity contribution < 1.29 is 8.96 Å². The number of halogens is 1. The van der Waals surface area contributed by atoms with Crippen molar-refractivity contribution in [3.8, 4) is 5.69 Å². The van der Waals surface area contributed by atoms with E-state index in [9.17, 15) is 4.39 Å². The quantitative estimate of drug-likeness (QED) is 0.645. The van der Waals surface area contributed by atoms with E-state index in [4.69, 9.17) is 0 Å². The van der Waals surface area contributed by atoms with Gasteiger partial charge in [-0.2, -0.15) is 4.57 Å². The SMILES string of the molecule is Cc1cc(C)[n+](-c2ccc(F)cc2)c(C)c1. The van der Waals surface area contributed by atoms with Gasteiger partial charge in [0.25, 0.3) is 0 Å². The smallest absolute Gasteiger partial charge is 0.207 e. The van der Waals surface area contributed by atoms with Crippen LogP contribution in [0.3, 0.4) is 0 Å². The second kappa shape index (κ2) is 4.05. The van der Waals surface area contributed by atoms with Gasteiger partial charge in [0, 0.05) is 38.1 Å². The molecule has 2 aromatic rings. The van der Waals surface area contributed by atoms with Gasteiger partial charge in [-0.3, -0.25) is 0 Å². The fourth-order valence-electron chi connectivity index (χ4n) is 2.11. The number of hydrogen-bond acceptors (Lipinski definition) is 0. The van der Waals surface area contributed by atoms with Gasteiger partial charge in [0.15, 0.2) is 11.4 Å². The first kappa shape index (κ1) is 10.8. The Labute approximate surface area is 95.2 Å². The molecule has 0 saturated heterocycles. The first-order valence-electron chi connectivity index (χ1n) is 5.34. The van der Waals surface area contributed by atoms with Gasteiger partial charge in [0.1, 0.15) is 5.82 Å². The zero-order valence-electron chi connectivity index (χ0n) is 9.79. The topological polar surface area (TPSA) is 3.88 Å². The van der Waals surface area contributed by atoms with E-state index in [2.05, 4.69) is 37.5 Å². The van der Waals surface area contributed by atoms with E-state index in [1.54, 1.807) is 12.1 Å². The minimum absolute atomic E-state index is 0.202. The van der Waals surface area contributed by atoms with Crippen LogP contribution in [-0.4, -0.2) is 0 Å². The van der Waals surface area contributed by atoms with Crippen molar-refractivity contribution in [3.63, 3.8) is 0 Å². The van der Waals surface area contributed by atoms with Crippen LogP contribution in [0, 0.1) is 26.6 Å². The lowest BCUT2D eigenvalue weighted by Gasteiger charge is -2.04. The summed E-state index contributed by atoms with van der Waals surface area (Å²) >= 11 is 0. The number of rotatable bonds is 1. The Morgan fingerprint density at radius 2 is 1.38 bits per heavy atom. The maximum Gasteiger partial charge on any atom is 0.211 e. The number of nitrogens with zero attached hydrogens (tertiary/aromatic N) is 1. The second-order valence-corrected chi connectivity index (χ2v) is 4.13. The number of aryl methyl sites for hydroxylation is 3. The zero-order chi connectivity index (χ0) is 11.7. The molecule has 0 radical (unpaired) electrons. The highest BCUT2D eigenvalue weighted by atomic mass is 19.1. The first-order valence-corrected chi connectivity index (χ1v) is 5.34. The molecule has 0 saturated carbocycles. The molecule has 2 rings (SSSR count). The molecule has 1 aromatic heterocycles. The molecule has 0 aliphatic carbocycles. The summed E-state index contributed by atoms with van der Waals surface area (Å²) in [5.41, 5.74) is 4.55. The standard InChI is InChI=1S/C14H15FN/c1-10-8-11(2)16(12(3)9-10)14-6-4-13(15)5-7-14/h4-9H,1-3H3/q+1. The summed E-state index contributed by atoms with van der Waals surface area (Å²) in [5.74, 6) is -0.202. The minimum atomic E-state index is -0.202. The number of pyridine rings is 1. The molecule has 0 aliphatic rings. The molecule has 1 nitrogen and oxygen atoms in total. The van der Waals surface area contributed by atoms with Crippen LogP contribution in [0.25, 0.3) is 5.69 Å². The maximum absolute atomic E-state index is 12.9. The largest absolute Gasteiger partial charge is 0.211 e. The Bertz CT molecular complexity index is 492. The number of benzene rings is 1. The Balaban J connectivity index is 2.60. The molecule has 0 atom stereocenters. The molecule has 82 valence electrons. The third-order valence-corrected chi connectivity index (χ3v) is 2.66. The number of aromatic nitrogens is 1. The van der Waals surface area contributed by atoms with E-state index in [1.165, 1.54) is 17.7 Å². The molecule has 0 bridgehead atoms. The molecule has 1 heterocycles. The van der Waals surface area contributed by atoms with Crippen LogP contribution in [0.5, 0.6) is 0 Å². The average Bonchev–Trinajstić information content (AvgIpc) is 2.19. The van der Waals surface area contributed by atoms with Gasteiger partial charge in [-0.25, -0.2) is 4.39 Å². The second-order valence-electron chi connectivity index (χ2n) is 4.13. The van der Waals surface area contributed by atoms with Gasteiger partial charge in [0.05, 0.1) is 0 Å². The summed E-state index contributed by atoms with van der Waals surface area (Å²) in [4.78, 5) is 0. The molecule has 16 heavy (non-hydrogen) atoms. The highest BCUT2D eigenvalue weighted by Gasteiger charge is 2.14. The highest BCUT2D eigenvalue weighted by molar-refractivity contribution is 5.25. The zero-order valence-corrected chi connectivity index (χ0v) is 9.79. The van der Waals surface area contributed by atoms with E-state index < -0.39 is 0 Å². The number of hydrogen-bond donors (Lipinski definition) is 0. The Kier molecular flexibility index (Phi) is 2.73. The fourth-order valence-corrected chi connectivity index (χ4v) is 2.11. The van der Waals surface area contributed by atoms with Crippen LogP contribution >= 0.6 is 0 Å². The van der Waals surface area contributed by atoms with Gasteiger partial charge in [-0.05, 0) is 24.6 Å². The summed E-state index contributed by atoms with van der Waals surface area (Å²) in [5, 5.41) is 0. The van der Waals surface area contributed by atoms with E-state index in [0.717, 1.165) is 17.1 Å². The maximum atomic E-state index is 12.9. The van der Waals surface area contributed by atoms with Crippen molar-refractivity contribution in [1.29, 1.82) is 0 Å². The molecule has 0 aliphatic heterocycles. The van der Waals surface area contributed by atoms with Crippen molar-refractivity contribution in [2.45, 2.75) is 20.8 Å². The van der Waals surface area contributed by atoms with E-state index in [0.29, 0.717) is 0 Å². The van der Waals surface area contributed by atoms with Crippen LogP contribution in [0.2, 0.25) is 0 Å². The van der Waals surface area contributed by atoms with E-state index in [-0.39, 0.29) is 5.82 Å². The summed E-state index contributed by atoms with van der Waals surface area (Å²) in [6, 6.07) is 10.8. The third kappa shape index (κ3) is 1.96. The van der Waals surface area contributed by atoms with Crippen LogP contribution < -0.4 is 4.57 Å². The van der Waals surface area contributed by atoms with Crippen molar-refractivity contribution in [1.82, 2.24) is 0 Å². The summed E-state index contributed by atoms with van der Waals surface area (Å²) in [7, 11) is 0. The molecule has 0 spiro atoms. The van der Waals surface area contributed by atoms with Crippen molar-refractivity contribution in [2.24, 2.45) is 0 Å². The first-order chi connectivity index (χ1) is 7.58. The fraction of sp³-hybridized carbons (Fsp3) is 0.214. The Morgan fingerprint density at radius 3 is 1.88 bits per heavy atom. The predicted octanol–water partition coefficient (Wildman–Crippen LogP) is 3.03. The van der Waals surface area contributed by atoms with Crippen LogP contribution in [0.1, 0.15) is 17.0 Å². The van der Waals surface area contributed by atoms with Crippen LogP contribution in [-0.2, 0) is 0 Å². The summed E-state index contributed by atoms with van der Waals surface area (Å²) in [6.45, 7) is 6.20. The lowest BCUT2D eigenvalue weighted by atomic mass is 10.2. The average molecular weight is 216 g/mol. The van der Waals surface area contributed by atoms with Crippen LogP contribution in [0.4, 0.5) is 4.39 Å². The monoisotopic (exact) mass is 216 g/mol. The van der Waals surface area contributed by atoms with Crippen molar-refractivity contribution in [2.75, 3.05) is 0 Å². The summed E-state index contributed by atoms with van der Waals surface area (Å²) in [6.07, 6.45) is 0. The van der Waals surface area contributed by atoms with Crippen LogP contribution in [0.15, 0.2) is 36.4 Å². The molecular formula is C14H15FN+. The van der Waals surface area contributed by atoms with Gasteiger partial charge >= 0.3 is 0 Å². The van der Waals surface area contributed by atoms with E-state index >= 15 is 0 Å². The lowest BCUT2D eigenvalue weighted by molar-refractivity contribution is -0.609. The third-order valence-electron chi connectivity index (χ3n) is 2.66. The van der Waals surface area contributed by atoms with Gasteiger partial charge in [0.2, 0.25) is 5.69 Å². The normalized spacial score (nSPS) is 10.5. The molecule has 0 N–H and O–H groups in total. The summed E-state index contributed by atoms with van der Waals surface area (Å²) < 4.78 is 15.0. The van der Waals surface area contributed by atoms with Gasteiger partial charge in [-0.1, -0.05) is 0 Å². The van der Waals surface area contributed by atoms with E-state index in [1.807, 2.05) is 0 Å². The highest BCUT2D eigenvalue weighted by Crippen LogP contribution is 2.08. The van der Waals surface area contributed by atoms with Crippen molar-refractivity contribution in [3.05, 3.63) is 59.2 Å². The molecular weight excluding hydrogens is 201 g/mol. The molecule has 2 heteroatoms. The Hall–Kier alpha value is -1.70. The Morgan fingerprint density at radius 1 is 0.875 bits per heavy atom. The molecule has 1 aromatic carbocycles. The predicted molar refractivity (Wildman–Crippen MR) is 62.1 cm³/mol. The van der Waals surface area contributed by atoms with Gasteiger partial charge < -0.3 is 0 Å². The molecule has 0 fully saturated rings.